The van der Waals surface area contributed by atoms with Gasteiger partial charge in [-0.2, -0.15) is 0 Å². The van der Waals surface area contributed by atoms with Crippen LogP contribution < -0.4 is 11.1 Å². The van der Waals surface area contributed by atoms with Gasteiger partial charge in [0.05, 0.1) is 31.5 Å². The summed E-state index contributed by atoms with van der Waals surface area (Å²) < 4.78 is 0. The lowest BCUT2D eigenvalue weighted by Gasteiger charge is -2.33. The van der Waals surface area contributed by atoms with Gasteiger partial charge in [-0.25, -0.2) is 0 Å². The molecule has 0 saturated carbocycles. The van der Waals surface area contributed by atoms with Crippen LogP contribution in [0, 0.1) is 0 Å². The summed E-state index contributed by atoms with van der Waals surface area (Å²) in [7, 11) is 0. The van der Waals surface area contributed by atoms with Gasteiger partial charge in [-0.15, -0.1) is 0 Å². The Balaban J connectivity index is 5.18. The van der Waals surface area contributed by atoms with Crippen LogP contribution in [0.2, 0.25) is 0 Å². The SMILES string of the molecule is CCC[C@H](NCCCN(C[C@H](O)[C@@H](O)[C@H](O)[C@H](O)CO)C[C@H](O)[C@@H](O)[C@H](O)[C@H](O)CO)C(N)=O. The topological polar surface area (TPSA) is 261 Å². The largest absolute Gasteiger partial charge is 0.394 e. The zero-order valence-corrected chi connectivity index (χ0v) is 19.5. The van der Waals surface area contributed by atoms with Crippen LogP contribution in [-0.4, -0.2) is 156 Å². The molecule has 0 aliphatic carbocycles. The summed E-state index contributed by atoms with van der Waals surface area (Å²) in [4.78, 5) is 12.8. The second-order valence-electron chi connectivity index (χ2n) is 8.41. The number of carbonyl (C=O) groups is 1. The molecule has 13 N–H and O–H groups in total. The number of rotatable bonds is 20. The van der Waals surface area contributed by atoms with Crippen molar-refractivity contribution in [3.05, 3.63) is 0 Å². The predicted octanol–water partition coefficient (Wildman–Crippen LogP) is -6.21. The van der Waals surface area contributed by atoms with Gasteiger partial charge in [0.25, 0.3) is 0 Å². The predicted molar refractivity (Wildman–Crippen MR) is 119 cm³/mol. The minimum absolute atomic E-state index is 0.148. The standard InChI is InChI=1S/C20H43N3O11/c1-2-4-11(20(21)34)22-5-3-6-23(7-12(26)16(30)18(32)14(28)9-24)8-13(27)17(31)19(33)15(29)10-25/h11-19,22,24-33H,2-10H2,1H3,(H2,21,34)/t11-,12-,13-,14+,15+,16+,17+,18+,19+/m0/s1. The number of nitrogens with two attached hydrogens (primary N) is 1. The van der Waals surface area contributed by atoms with Crippen molar-refractivity contribution in [1.29, 1.82) is 0 Å². The fourth-order valence-electron chi connectivity index (χ4n) is 3.34. The monoisotopic (exact) mass is 501 g/mol. The first kappa shape index (κ1) is 33.0. The highest BCUT2D eigenvalue weighted by Gasteiger charge is 2.34. The molecule has 0 saturated heterocycles. The van der Waals surface area contributed by atoms with E-state index in [1.54, 1.807) is 0 Å². The van der Waals surface area contributed by atoms with Gasteiger partial charge >= 0.3 is 0 Å². The first-order chi connectivity index (χ1) is 15.9. The third-order valence-electron chi connectivity index (χ3n) is 5.50. The first-order valence-corrected chi connectivity index (χ1v) is 11.3. The molecular weight excluding hydrogens is 458 g/mol. The Labute approximate surface area is 198 Å². The minimum Gasteiger partial charge on any atom is -0.394 e. The number of hydrogen-bond donors (Lipinski definition) is 12. The van der Waals surface area contributed by atoms with Gasteiger partial charge < -0.3 is 62.1 Å². The fourth-order valence-corrected chi connectivity index (χ4v) is 3.34. The summed E-state index contributed by atoms with van der Waals surface area (Å²) in [5.41, 5.74) is 5.33. The van der Waals surface area contributed by atoms with E-state index < -0.39 is 74.0 Å². The number of nitrogens with one attached hydrogen (secondary N) is 1. The molecule has 204 valence electrons. The summed E-state index contributed by atoms with van der Waals surface area (Å²) in [6, 6.07) is -0.538. The van der Waals surface area contributed by atoms with Crippen LogP contribution in [-0.2, 0) is 4.79 Å². The van der Waals surface area contributed by atoms with Crippen LogP contribution in [0.25, 0.3) is 0 Å². The number of aliphatic hydroxyl groups is 10. The number of nitrogens with zero attached hydrogens (tertiary/aromatic N) is 1. The van der Waals surface area contributed by atoms with Crippen molar-refractivity contribution in [1.82, 2.24) is 10.2 Å². The first-order valence-electron chi connectivity index (χ1n) is 11.3. The molecule has 0 aromatic carbocycles. The lowest BCUT2D eigenvalue weighted by atomic mass is 10.0. The summed E-state index contributed by atoms with van der Waals surface area (Å²) in [6.45, 7) is -0.0537. The summed E-state index contributed by atoms with van der Waals surface area (Å²) in [6.07, 6.45) is -12.5. The lowest BCUT2D eigenvalue weighted by Crippen LogP contribution is -2.53. The third kappa shape index (κ3) is 11.6. The Hall–Kier alpha value is -1.01. The minimum atomic E-state index is -1.86. The molecule has 0 heterocycles. The van der Waals surface area contributed by atoms with Crippen LogP contribution in [0.5, 0.6) is 0 Å². The number of amides is 1. The van der Waals surface area contributed by atoms with E-state index in [0.29, 0.717) is 19.4 Å². The molecule has 0 spiro atoms. The molecule has 0 aromatic heterocycles. The molecule has 0 fully saturated rings. The van der Waals surface area contributed by atoms with Crippen LogP contribution >= 0.6 is 0 Å². The average molecular weight is 502 g/mol. The molecule has 0 aliphatic heterocycles. The van der Waals surface area contributed by atoms with E-state index in [1.807, 2.05) is 6.92 Å². The van der Waals surface area contributed by atoms with E-state index >= 15 is 0 Å². The van der Waals surface area contributed by atoms with Crippen molar-refractivity contribution in [2.45, 2.75) is 81.1 Å². The molecule has 0 bridgehead atoms. The van der Waals surface area contributed by atoms with Gasteiger partial charge in [-0.05, 0) is 25.9 Å². The number of hydrogen-bond acceptors (Lipinski definition) is 13. The third-order valence-corrected chi connectivity index (χ3v) is 5.50. The van der Waals surface area contributed by atoms with E-state index in [0.717, 1.165) is 6.42 Å². The summed E-state index contributed by atoms with van der Waals surface area (Å²) in [5, 5.41) is 100. The fraction of sp³-hybridized carbons (Fsp3) is 0.950. The van der Waals surface area contributed by atoms with Crippen LogP contribution in [0.15, 0.2) is 0 Å². The van der Waals surface area contributed by atoms with Crippen molar-refractivity contribution >= 4 is 5.91 Å². The molecule has 1 amide bonds. The molecule has 0 aromatic rings. The van der Waals surface area contributed by atoms with Crippen molar-refractivity contribution in [3.8, 4) is 0 Å². The second kappa shape index (κ2) is 17.4. The van der Waals surface area contributed by atoms with E-state index in [2.05, 4.69) is 5.32 Å². The number of carbonyl (C=O) groups excluding carboxylic acids is 1. The highest BCUT2D eigenvalue weighted by atomic mass is 16.4. The molecular formula is C20H43N3O11. The molecule has 0 unspecified atom stereocenters. The highest BCUT2D eigenvalue weighted by Crippen LogP contribution is 2.11. The van der Waals surface area contributed by atoms with Gasteiger partial charge in [0, 0.05) is 13.1 Å². The van der Waals surface area contributed by atoms with Gasteiger partial charge in [0.2, 0.25) is 5.91 Å². The quantitative estimate of drug-likeness (QED) is 0.0694. The van der Waals surface area contributed by atoms with Crippen LogP contribution in [0.1, 0.15) is 26.2 Å². The van der Waals surface area contributed by atoms with Crippen molar-refractivity contribution in [3.63, 3.8) is 0 Å². The Morgan fingerprint density at radius 3 is 1.56 bits per heavy atom. The van der Waals surface area contributed by atoms with Crippen molar-refractivity contribution in [2.24, 2.45) is 5.73 Å². The van der Waals surface area contributed by atoms with E-state index in [-0.39, 0.29) is 19.6 Å². The van der Waals surface area contributed by atoms with Gasteiger partial charge in [0.1, 0.15) is 36.6 Å². The van der Waals surface area contributed by atoms with E-state index in [1.165, 1.54) is 4.90 Å². The van der Waals surface area contributed by atoms with E-state index in [9.17, 15) is 45.6 Å². The molecule has 9 atom stereocenters. The highest BCUT2D eigenvalue weighted by molar-refractivity contribution is 5.79. The normalized spacial score (nSPS) is 20.2. The van der Waals surface area contributed by atoms with Gasteiger partial charge in [-0.1, -0.05) is 13.3 Å². The Kier molecular flexibility index (Phi) is 16.9. The van der Waals surface area contributed by atoms with Crippen LogP contribution in [0.4, 0.5) is 0 Å². The van der Waals surface area contributed by atoms with E-state index in [4.69, 9.17) is 15.9 Å². The number of primary amides is 1. The maximum absolute atomic E-state index is 11.4. The molecule has 0 rings (SSSR count). The average Bonchev–Trinajstić information content (AvgIpc) is 2.82. The zero-order chi connectivity index (χ0) is 26.4. The Bertz CT molecular complexity index is 518. The molecule has 0 radical (unpaired) electrons. The molecule has 0 aliphatic rings. The van der Waals surface area contributed by atoms with Crippen molar-refractivity contribution in [2.75, 3.05) is 39.4 Å². The molecule has 14 nitrogen and oxygen atoms in total. The van der Waals surface area contributed by atoms with Crippen molar-refractivity contribution < 1.29 is 55.9 Å². The van der Waals surface area contributed by atoms with Gasteiger partial charge in [-0.3, -0.25) is 9.69 Å². The smallest absolute Gasteiger partial charge is 0.234 e. The maximum Gasteiger partial charge on any atom is 0.234 e. The lowest BCUT2D eigenvalue weighted by molar-refractivity contribution is -0.130. The summed E-state index contributed by atoms with van der Waals surface area (Å²) >= 11 is 0. The molecule has 14 heteroatoms. The number of aliphatic hydroxyl groups excluding tert-OH is 10. The Morgan fingerprint density at radius 2 is 1.21 bits per heavy atom. The molecule has 34 heavy (non-hydrogen) atoms. The Morgan fingerprint density at radius 1 is 0.794 bits per heavy atom. The zero-order valence-electron chi connectivity index (χ0n) is 19.5. The second-order valence-corrected chi connectivity index (χ2v) is 8.41. The maximum atomic E-state index is 11.4. The van der Waals surface area contributed by atoms with Crippen LogP contribution in [0.3, 0.4) is 0 Å². The summed E-state index contributed by atoms with van der Waals surface area (Å²) in [5.74, 6) is -0.511. The van der Waals surface area contributed by atoms with Gasteiger partial charge in [0.15, 0.2) is 0 Å².